The first-order valence-electron chi connectivity index (χ1n) is 5.80. The van der Waals surface area contributed by atoms with Crippen LogP contribution < -0.4 is 5.73 Å². The number of hydrogen-bond donors (Lipinski definition) is 3. The molecule has 0 spiro atoms. The fraction of sp³-hybridized carbons (Fsp3) is 0.385. The topological polar surface area (TPSA) is 99.2 Å². The van der Waals surface area contributed by atoms with E-state index in [0.717, 1.165) is 0 Å². The highest BCUT2D eigenvalue weighted by molar-refractivity contribution is 6.01. The molecule has 0 saturated heterocycles. The number of rotatable bonds is 4. The molecule has 6 nitrogen and oxygen atoms in total. The van der Waals surface area contributed by atoms with E-state index < -0.39 is 5.54 Å². The van der Waals surface area contributed by atoms with Crippen molar-refractivity contribution >= 4 is 11.7 Å². The summed E-state index contributed by atoms with van der Waals surface area (Å²) >= 11 is 0. The minimum Gasteiger partial charge on any atom is -0.409 e. The Kier molecular flexibility index (Phi) is 4.50. The Morgan fingerprint density at radius 2 is 2.00 bits per heavy atom. The van der Waals surface area contributed by atoms with E-state index in [4.69, 9.17) is 10.9 Å². The van der Waals surface area contributed by atoms with Gasteiger partial charge in [0.15, 0.2) is 5.84 Å². The Labute approximate surface area is 112 Å². The molecular weight excluding hydrogens is 246 g/mol. The van der Waals surface area contributed by atoms with Gasteiger partial charge in [0.1, 0.15) is 0 Å². The lowest BCUT2D eigenvalue weighted by Gasteiger charge is -2.34. The Bertz CT molecular complexity index is 498. The van der Waals surface area contributed by atoms with Crippen LogP contribution in [0.2, 0.25) is 0 Å². The van der Waals surface area contributed by atoms with Crippen molar-refractivity contribution < 1.29 is 15.1 Å². The molecule has 1 amide bonds. The normalized spacial score (nSPS) is 12.3. The summed E-state index contributed by atoms with van der Waals surface area (Å²) in [4.78, 5) is 13.7. The molecule has 0 heterocycles. The molecule has 0 aliphatic heterocycles. The summed E-state index contributed by atoms with van der Waals surface area (Å²) in [5.74, 6) is -0.301. The Morgan fingerprint density at radius 3 is 2.53 bits per heavy atom. The summed E-state index contributed by atoms with van der Waals surface area (Å²) in [6.45, 7) is 3.38. The first kappa shape index (κ1) is 15.0. The molecule has 1 rings (SSSR count). The summed E-state index contributed by atoms with van der Waals surface area (Å²) in [6, 6.07) is 6.48. The van der Waals surface area contributed by atoms with Gasteiger partial charge in [-0.1, -0.05) is 17.3 Å². The van der Waals surface area contributed by atoms with Crippen LogP contribution in [0, 0.1) is 0 Å². The van der Waals surface area contributed by atoms with Gasteiger partial charge in [-0.15, -0.1) is 0 Å². The molecule has 0 unspecified atom stereocenters. The Hall–Kier alpha value is -2.08. The third-order valence-electron chi connectivity index (χ3n) is 3.11. The van der Waals surface area contributed by atoms with E-state index in [0.29, 0.717) is 11.1 Å². The van der Waals surface area contributed by atoms with Gasteiger partial charge >= 0.3 is 0 Å². The van der Waals surface area contributed by atoms with E-state index in [9.17, 15) is 9.90 Å². The lowest BCUT2D eigenvalue weighted by molar-refractivity contribution is 0.0473. The third kappa shape index (κ3) is 3.23. The molecular formula is C13H19N3O3. The summed E-state index contributed by atoms with van der Waals surface area (Å²) in [6.07, 6.45) is 0. The summed E-state index contributed by atoms with van der Waals surface area (Å²) in [7, 11) is 1.62. The van der Waals surface area contributed by atoms with Crippen LogP contribution in [0.4, 0.5) is 0 Å². The van der Waals surface area contributed by atoms with Crippen molar-refractivity contribution in [3.05, 3.63) is 35.4 Å². The van der Waals surface area contributed by atoms with Crippen molar-refractivity contribution in [2.75, 3.05) is 13.7 Å². The number of likely N-dealkylation sites (N-methyl/N-ethyl adjacent to an activating group) is 1. The fourth-order valence-electron chi connectivity index (χ4n) is 1.44. The van der Waals surface area contributed by atoms with Gasteiger partial charge in [0, 0.05) is 18.2 Å². The molecule has 0 bridgehead atoms. The van der Waals surface area contributed by atoms with Crippen LogP contribution in [-0.4, -0.2) is 46.1 Å². The number of amidine groups is 1. The van der Waals surface area contributed by atoms with Crippen LogP contribution in [0.3, 0.4) is 0 Å². The highest BCUT2D eigenvalue weighted by Gasteiger charge is 2.27. The van der Waals surface area contributed by atoms with Gasteiger partial charge in [0.2, 0.25) is 0 Å². The second kappa shape index (κ2) is 5.71. The molecule has 0 atom stereocenters. The van der Waals surface area contributed by atoms with E-state index in [2.05, 4.69) is 5.16 Å². The number of carbonyl (C=O) groups is 1. The number of hydrogen-bond acceptors (Lipinski definition) is 4. The summed E-state index contributed by atoms with van der Waals surface area (Å²) in [5, 5.41) is 20.8. The van der Waals surface area contributed by atoms with E-state index >= 15 is 0 Å². The highest BCUT2D eigenvalue weighted by Crippen LogP contribution is 2.16. The van der Waals surface area contributed by atoms with Crippen LogP contribution >= 0.6 is 0 Å². The lowest BCUT2D eigenvalue weighted by Crippen LogP contribution is -2.47. The van der Waals surface area contributed by atoms with Crippen molar-refractivity contribution in [2.45, 2.75) is 19.4 Å². The largest absolute Gasteiger partial charge is 0.409 e. The van der Waals surface area contributed by atoms with E-state index in [1.807, 2.05) is 0 Å². The van der Waals surface area contributed by atoms with Gasteiger partial charge in [0.25, 0.3) is 5.91 Å². The molecule has 19 heavy (non-hydrogen) atoms. The van der Waals surface area contributed by atoms with Crippen molar-refractivity contribution in [1.29, 1.82) is 0 Å². The van der Waals surface area contributed by atoms with E-state index in [1.54, 1.807) is 45.2 Å². The maximum Gasteiger partial charge on any atom is 0.254 e. The van der Waals surface area contributed by atoms with Crippen LogP contribution in [0.15, 0.2) is 29.4 Å². The van der Waals surface area contributed by atoms with Crippen molar-refractivity contribution in [3.63, 3.8) is 0 Å². The maximum atomic E-state index is 12.3. The number of aliphatic hydroxyl groups excluding tert-OH is 1. The van der Waals surface area contributed by atoms with Crippen LogP contribution in [0.5, 0.6) is 0 Å². The zero-order chi connectivity index (χ0) is 14.6. The molecule has 0 fully saturated rings. The second-order valence-corrected chi connectivity index (χ2v) is 4.90. The van der Waals surface area contributed by atoms with Gasteiger partial charge in [-0.2, -0.15) is 0 Å². The molecule has 1 aromatic carbocycles. The smallest absolute Gasteiger partial charge is 0.254 e. The summed E-state index contributed by atoms with van der Waals surface area (Å²) < 4.78 is 0. The van der Waals surface area contributed by atoms with Crippen molar-refractivity contribution in [1.82, 2.24) is 4.90 Å². The molecule has 4 N–H and O–H groups in total. The number of carbonyl (C=O) groups excluding carboxylic acids is 1. The van der Waals surface area contributed by atoms with Gasteiger partial charge in [-0.3, -0.25) is 4.79 Å². The molecule has 0 radical (unpaired) electrons. The fourth-order valence-corrected chi connectivity index (χ4v) is 1.44. The first-order chi connectivity index (χ1) is 8.83. The van der Waals surface area contributed by atoms with Crippen molar-refractivity contribution in [3.8, 4) is 0 Å². The number of nitrogens with two attached hydrogens (primary N) is 1. The highest BCUT2D eigenvalue weighted by atomic mass is 16.4. The number of oxime groups is 1. The monoisotopic (exact) mass is 265 g/mol. The van der Waals surface area contributed by atoms with Gasteiger partial charge in [-0.05, 0) is 26.0 Å². The molecule has 0 aromatic heterocycles. The maximum absolute atomic E-state index is 12.3. The number of nitrogens with zero attached hydrogens (tertiary/aromatic N) is 2. The quantitative estimate of drug-likeness (QED) is 0.322. The minimum absolute atomic E-state index is 0.0567. The lowest BCUT2D eigenvalue weighted by atomic mass is 10.0. The van der Waals surface area contributed by atoms with Crippen molar-refractivity contribution in [2.24, 2.45) is 10.9 Å². The van der Waals surface area contributed by atoms with Gasteiger partial charge in [0.05, 0.1) is 12.1 Å². The van der Waals surface area contributed by atoms with Crippen LogP contribution in [-0.2, 0) is 0 Å². The van der Waals surface area contributed by atoms with Crippen LogP contribution in [0.25, 0.3) is 0 Å². The zero-order valence-electron chi connectivity index (χ0n) is 11.3. The minimum atomic E-state index is -0.663. The van der Waals surface area contributed by atoms with E-state index in [1.165, 1.54) is 4.90 Å². The molecule has 0 aliphatic carbocycles. The van der Waals surface area contributed by atoms with Crippen LogP contribution in [0.1, 0.15) is 29.8 Å². The summed E-state index contributed by atoms with van der Waals surface area (Å²) in [5.41, 5.74) is 5.70. The van der Waals surface area contributed by atoms with Gasteiger partial charge in [-0.25, -0.2) is 0 Å². The Balaban J connectivity index is 3.07. The predicted octanol–water partition coefficient (Wildman–Crippen LogP) is 0.624. The number of aliphatic hydroxyl groups is 1. The second-order valence-electron chi connectivity index (χ2n) is 4.90. The number of benzene rings is 1. The average molecular weight is 265 g/mol. The number of amides is 1. The standard InChI is InChI=1S/C13H19N3O3/c1-13(2,8-17)16(3)12(18)10-6-4-5-9(7-10)11(14)15-19/h4-7,17,19H,8H2,1-3H3,(H2,14,15). The average Bonchev–Trinajstić information content (AvgIpc) is 2.44. The first-order valence-corrected chi connectivity index (χ1v) is 5.80. The molecule has 6 heteroatoms. The molecule has 0 saturated carbocycles. The molecule has 104 valence electrons. The zero-order valence-corrected chi connectivity index (χ0v) is 11.3. The predicted molar refractivity (Wildman–Crippen MR) is 72.2 cm³/mol. The van der Waals surface area contributed by atoms with E-state index in [-0.39, 0.29) is 18.3 Å². The Morgan fingerprint density at radius 1 is 1.42 bits per heavy atom. The third-order valence-corrected chi connectivity index (χ3v) is 3.11. The van der Waals surface area contributed by atoms with Gasteiger partial charge < -0.3 is 20.9 Å². The molecule has 1 aromatic rings. The molecule has 0 aliphatic rings. The SMILES string of the molecule is CN(C(=O)c1cccc(/C(N)=N/O)c1)C(C)(C)CO.